The highest BCUT2D eigenvalue weighted by Crippen LogP contribution is 2.39. The van der Waals surface area contributed by atoms with Gasteiger partial charge in [-0.2, -0.15) is 0 Å². The van der Waals surface area contributed by atoms with Crippen molar-refractivity contribution < 1.29 is 14.3 Å². The van der Waals surface area contributed by atoms with Crippen molar-refractivity contribution in [3.8, 4) is 0 Å². The first-order valence-corrected chi connectivity index (χ1v) is 11.3. The number of aryl methyl sites for hydroxylation is 1. The van der Waals surface area contributed by atoms with Crippen molar-refractivity contribution in [2.45, 2.75) is 38.1 Å². The van der Waals surface area contributed by atoms with Gasteiger partial charge in [-0.15, -0.1) is 0 Å². The number of H-pyrrole nitrogens is 1. The zero-order valence-electron chi connectivity index (χ0n) is 18.0. The third kappa shape index (κ3) is 3.75. The van der Waals surface area contributed by atoms with Crippen LogP contribution < -0.4 is 0 Å². The Balaban J connectivity index is 1.33. The molecule has 2 aromatic rings. The molecule has 0 radical (unpaired) electrons. The molecule has 3 aliphatic rings. The topological polar surface area (TPSA) is 96.4 Å². The van der Waals surface area contributed by atoms with Crippen LogP contribution in [0.15, 0.2) is 18.9 Å². The van der Waals surface area contributed by atoms with Gasteiger partial charge in [-0.05, 0) is 31.6 Å². The second-order valence-corrected chi connectivity index (χ2v) is 8.90. The predicted octanol–water partition coefficient (Wildman–Crippen LogP) is 1.55. The number of ether oxygens (including phenoxy) is 1. The van der Waals surface area contributed by atoms with Gasteiger partial charge in [0.05, 0.1) is 30.6 Å². The van der Waals surface area contributed by atoms with Gasteiger partial charge < -0.3 is 24.1 Å². The Morgan fingerprint density at radius 3 is 2.61 bits per heavy atom. The van der Waals surface area contributed by atoms with Crippen LogP contribution in [0.4, 0.5) is 0 Å². The summed E-state index contributed by atoms with van der Waals surface area (Å²) in [4.78, 5) is 42.3. The van der Waals surface area contributed by atoms with Crippen LogP contribution in [0.3, 0.4) is 0 Å². The molecule has 5 heterocycles. The number of fused-ring (bicyclic) bond motifs is 1. The summed E-state index contributed by atoms with van der Waals surface area (Å²) >= 11 is 0. The van der Waals surface area contributed by atoms with Crippen LogP contribution in [0.1, 0.15) is 53.6 Å². The van der Waals surface area contributed by atoms with Gasteiger partial charge >= 0.3 is 0 Å². The van der Waals surface area contributed by atoms with Crippen molar-refractivity contribution in [3.63, 3.8) is 0 Å². The lowest BCUT2D eigenvalue weighted by Crippen LogP contribution is -2.48. The SMILES string of the molecule is Cn1cncc1C(=O)N1CCc2[nH]cnc2C1C1CCN(C(=O)C2CCOCC2)CC1. The number of imidazole rings is 2. The lowest BCUT2D eigenvalue weighted by Gasteiger charge is -2.43. The molecule has 1 atom stereocenters. The molecule has 0 saturated carbocycles. The molecular weight excluding hydrogens is 396 g/mol. The molecule has 2 amide bonds. The standard InChI is InChI=1S/C22H30N6O3/c1-26-14-23-12-18(26)22(30)28-9-4-17-19(25-13-24-17)20(28)15-2-7-27(8-3-15)21(29)16-5-10-31-11-6-16/h12-16,20H,2-11H2,1H3,(H,24,25). The van der Waals surface area contributed by atoms with Gasteiger partial charge in [-0.3, -0.25) is 9.59 Å². The summed E-state index contributed by atoms with van der Waals surface area (Å²) in [5.41, 5.74) is 2.70. The molecule has 2 aromatic heterocycles. The van der Waals surface area contributed by atoms with E-state index in [1.165, 1.54) is 0 Å². The Bertz CT molecular complexity index is 939. The molecule has 0 aliphatic carbocycles. The molecule has 5 rings (SSSR count). The lowest BCUT2D eigenvalue weighted by atomic mass is 9.83. The number of hydrogen-bond donors (Lipinski definition) is 1. The molecule has 0 aromatic carbocycles. The molecular formula is C22H30N6O3. The number of aromatic amines is 1. The summed E-state index contributed by atoms with van der Waals surface area (Å²) in [7, 11) is 1.85. The van der Waals surface area contributed by atoms with Crippen LogP contribution in [0.5, 0.6) is 0 Å². The minimum absolute atomic E-state index is 0.000591. The third-order valence-corrected chi connectivity index (χ3v) is 7.14. The average molecular weight is 427 g/mol. The molecule has 3 aliphatic heterocycles. The molecule has 166 valence electrons. The molecule has 2 fully saturated rings. The van der Waals surface area contributed by atoms with Gasteiger partial charge in [0.2, 0.25) is 5.91 Å². The minimum atomic E-state index is -0.0715. The number of rotatable bonds is 3. The molecule has 9 heteroatoms. The van der Waals surface area contributed by atoms with E-state index in [-0.39, 0.29) is 29.7 Å². The maximum atomic E-state index is 13.4. The maximum absolute atomic E-state index is 13.4. The van der Waals surface area contributed by atoms with Crippen LogP contribution >= 0.6 is 0 Å². The Kier molecular flexibility index (Phi) is 5.52. The zero-order valence-corrected chi connectivity index (χ0v) is 18.0. The van der Waals surface area contributed by atoms with E-state index in [1.54, 1.807) is 23.4 Å². The van der Waals surface area contributed by atoms with E-state index >= 15 is 0 Å². The fraction of sp³-hybridized carbons (Fsp3) is 0.636. The monoisotopic (exact) mass is 426 g/mol. The second kappa shape index (κ2) is 8.45. The smallest absolute Gasteiger partial charge is 0.272 e. The third-order valence-electron chi connectivity index (χ3n) is 7.14. The Labute approximate surface area is 181 Å². The zero-order chi connectivity index (χ0) is 21.4. The van der Waals surface area contributed by atoms with E-state index in [1.807, 2.05) is 16.8 Å². The van der Waals surface area contributed by atoms with E-state index in [0.29, 0.717) is 25.5 Å². The summed E-state index contributed by atoms with van der Waals surface area (Å²) < 4.78 is 7.18. The van der Waals surface area contributed by atoms with Crippen molar-refractivity contribution in [2.24, 2.45) is 18.9 Å². The van der Waals surface area contributed by atoms with E-state index in [0.717, 1.165) is 56.6 Å². The number of nitrogens with zero attached hydrogens (tertiary/aromatic N) is 5. The molecule has 1 unspecified atom stereocenters. The fourth-order valence-corrected chi connectivity index (χ4v) is 5.36. The van der Waals surface area contributed by atoms with Crippen molar-refractivity contribution in [2.75, 3.05) is 32.8 Å². The Morgan fingerprint density at radius 2 is 1.90 bits per heavy atom. The van der Waals surface area contributed by atoms with Crippen molar-refractivity contribution in [1.29, 1.82) is 0 Å². The number of likely N-dealkylation sites (tertiary alicyclic amines) is 1. The quantitative estimate of drug-likeness (QED) is 0.803. The summed E-state index contributed by atoms with van der Waals surface area (Å²) in [6.45, 7) is 3.50. The van der Waals surface area contributed by atoms with Crippen molar-refractivity contribution >= 4 is 11.8 Å². The number of nitrogens with one attached hydrogen (secondary N) is 1. The molecule has 31 heavy (non-hydrogen) atoms. The summed E-state index contributed by atoms with van der Waals surface area (Å²) in [5.74, 6) is 0.645. The van der Waals surface area contributed by atoms with Crippen LogP contribution in [0.25, 0.3) is 0 Å². The summed E-state index contributed by atoms with van der Waals surface area (Å²) in [6, 6.07) is -0.0715. The maximum Gasteiger partial charge on any atom is 0.272 e. The van der Waals surface area contributed by atoms with Crippen LogP contribution in [0.2, 0.25) is 0 Å². The van der Waals surface area contributed by atoms with Gasteiger partial charge in [0, 0.05) is 57.9 Å². The number of hydrogen-bond acceptors (Lipinski definition) is 5. The number of piperidine rings is 1. The largest absolute Gasteiger partial charge is 0.381 e. The molecule has 9 nitrogen and oxygen atoms in total. The number of carbonyl (C=O) groups excluding carboxylic acids is 2. The number of aromatic nitrogens is 4. The van der Waals surface area contributed by atoms with Crippen LogP contribution in [0, 0.1) is 11.8 Å². The highest BCUT2D eigenvalue weighted by Gasteiger charge is 2.41. The van der Waals surface area contributed by atoms with E-state index < -0.39 is 0 Å². The predicted molar refractivity (Wildman–Crippen MR) is 112 cm³/mol. The normalized spacial score (nSPS) is 23.1. The first kappa shape index (κ1) is 20.2. The Hall–Kier alpha value is -2.68. The van der Waals surface area contributed by atoms with Crippen LogP contribution in [-0.2, 0) is 23.0 Å². The fourth-order valence-electron chi connectivity index (χ4n) is 5.36. The van der Waals surface area contributed by atoms with Crippen molar-refractivity contribution in [3.05, 3.63) is 35.9 Å². The van der Waals surface area contributed by atoms with Crippen molar-refractivity contribution in [1.82, 2.24) is 29.3 Å². The first-order valence-electron chi connectivity index (χ1n) is 11.3. The number of carbonyl (C=O) groups is 2. The average Bonchev–Trinajstić information content (AvgIpc) is 3.47. The molecule has 0 bridgehead atoms. The summed E-state index contributed by atoms with van der Waals surface area (Å²) in [5, 5.41) is 0. The lowest BCUT2D eigenvalue weighted by molar-refractivity contribution is -0.140. The molecule has 0 spiro atoms. The van der Waals surface area contributed by atoms with E-state index in [4.69, 9.17) is 4.74 Å². The van der Waals surface area contributed by atoms with Crippen LogP contribution in [-0.4, -0.2) is 74.0 Å². The van der Waals surface area contributed by atoms with Gasteiger partial charge in [-0.1, -0.05) is 0 Å². The van der Waals surface area contributed by atoms with Gasteiger partial charge in [0.15, 0.2) is 0 Å². The Morgan fingerprint density at radius 1 is 1.13 bits per heavy atom. The first-order chi connectivity index (χ1) is 15.1. The minimum Gasteiger partial charge on any atom is -0.381 e. The highest BCUT2D eigenvalue weighted by atomic mass is 16.5. The second-order valence-electron chi connectivity index (χ2n) is 8.90. The van der Waals surface area contributed by atoms with E-state index in [9.17, 15) is 9.59 Å². The molecule has 1 N–H and O–H groups in total. The number of amides is 2. The molecule has 2 saturated heterocycles. The van der Waals surface area contributed by atoms with Gasteiger partial charge in [0.1, 0.15) is 5.69 Å². The van der Waals surface area contributed by atoms with E-state index in [2.05, 4.69) is 15.0 Å². The summed E-state index contributed by atoms with van der Waals surface area (Å²) in [6.07, 6.45) is 9.20. The van der Waals surface area contributed by atoms with Gasteiger partial charge in [0.25, 0.3) is 5.91 Å². The van der Waals surface area contributed by atoms with Gasteiger partial charge in [-0.25, -0.2) is 9.97 Å². The highest BCUT2D eigenvalue weighted by molar-refractivity contribution is 5.93.